The average molecular weight is 237 g/mol. The molecule has 1 unspecified atom stereocenters. The second kappa shape index (κ2) is 7.07. The van der Waals surface area contributed by atoms with Crippen LogP contribution in [0.2, 0.25) is 0 Å². The SMILES string of the molecule is NC(=O)CCSC(OCC(=O)O)C(=O)O. The molecule has 0 aliphatic heterocycles. The number of carbonyl (C=O) groups excluding carboxylic acids is 1. The number of amides is 1. The summed E-state index contributed by atoms with van der Waals surface area (Å²) in [6.07, 6.45) is 0.0187. The Bertz CT molecular complexity index is 256. The smallest absolute Gasteiger partial charge is 0.343 e. The molecule has 0 spiro atoms. The summed E-state index contributed by atoms with van der Waals surface area (Å²) in [4.78, 5) is 31.0. The summed E-state index contributed by atoms with van der Waals surface area (Å²) in [6.45, 7) is -0.694. The lowest BCUT2D eigenvalue weighted by Crippen LogP contribution is -2.24. The number of ether oxygens (including phenoxy) is 1. The first-order valence-corrected chi connectivity index (χ1v) is 4.94. The summed E-state index contributed by atoms with van der Waals surface area (Å²) >= 11 is 0.814. The van der Waals surface area contributed by atoms with E-state index >= 15 is 0 Å². The number of rotatable bonds is 8. The maximum Gasteiger partial charge on any atom is 0.343 e. The predicted molar refractivity (Wildman–Crippen MR) is 51.3 cm³/mol. The molecule has 0 saturated heterocycles. The Hall–Kier alpha value is -1.28. The van der Waals surface area contributed by atoms with E-state index in [0.29, 0.717) is 0 Å². The van der Waals surface area contributed by atoms with Crippen LogP contribution in [0.5, 0.6) is 0 Å². The van der Waals surface area contributed by atoms with Gasteiger partial charge < -0.3 is 20.7 Å². The molecule has 0 bridgehead atoms. The summed E-state index contributed by atoms with van der Waals surface area (Å²) < 4.78 is 4.56. The van der Waals surface area contributed by atoms with E-state index in [1.54, 1.807) is 0 Å². The minimum absolute atomic E-state index is 0.0187. The highest BCUT2D eigenvalue weighted by molar-refractivity contribution is 8.00. The maximum atomic E-state index is 10.5. The van der Waals surface area contributed by atoms with Gasteiger partial charge in [0.05, 0.1) is 0 Å². The van der Waals surface area contributed by atoms with E-state index in [9.17, 15) is 14.4 Å². The van der Waals surface area contributed by atoms with Crippen LogP contribution in [-0.4, -0.2) is 45.9 Å². The van der Waals surface area contributed by atoms with Crippen molar-refractivity contribution in [1.82, 2.24) is 0 Å². The highest BCUT2D eigenvalue weighted by atomic mass is 32.2. The molecule has 0 fully saturated rings. The number of carboxylic acid groups (broad SMARTS) is 2. The predicted octanol–water partition coefficient (Wildman–Crippen LogP) is -0.893. The van der Waals surface area contributed by atoms with Crippen LogP contribution in [0.3, 0.4) is 0 Å². The molecular weight excluding hydrogens is 226 g/mol. The number of thioether (sulfide) groups is 1. The number of nitrogens with two attached hydrogens (primary N) is 1. The number of carboxylic acids is 2. The molecule has 0 aliphatic rings. The van der Waals surface area contributed by atoms with Crippen LogP contribution in [0.15, 0.2) is 0 Å². The van der Waals surface area contributed by atoms with Crippen LogP contribution >= 0.6 is 11.8 Å². The second-order valence-corrected chi connectivity index (χ2v) is 3.63. The van der Waals surface area contributed by atoms with Crippen molar-refractivity contribution in [2.75, 3.05) is 12.4 Å². The van der Waals surface area contributed by atoms with Gasteiger partial charge in [0, 0.05) is 12.2 Å². The van der Waals surface area contributed by atoms with Gasteiger partial charge in [-0.25, -0.2) is 9.59 Å². The second-order valence-electron chi connectivity index (χ2n) is 2.46. The number of aliphatic carboxylic acids is 2. The molecule has 15 heavy (non-hydrogen) atoms. The molecule has 8 heteroatoms. The first-order chi connectivity index (χ1) is 6.93. The molecule has 7 nitrogen and oxygen atoms in total. The fourth-order valence-corrected chi connectivity index (χ4v) is 1.44. The standard InChI is InChI=1S/C7H11NO6S/c8-4(9)1-2-15-7(6(12)13)14-3-5(10)11/h7H,1-3H2,(H2,8,9)(H,10,11)(H,12,13). The molecule has 86 valence electrons. The molecule has 0 aromatic carbocycles. The van der Waals surface area contributed by atoms with Gasteiger partial charge in [0.15, 0.2) is 0 Å². The highest BCUT2D eigenvalue weighted by Crippen LogP contribution is 2.13. The zero-order chi connectivity index (χ0) is 11.8. The molecular formula is C7H11NO6S. The Balaban J connectivity index is 3.88. The van der Waals surface area contributed by atoms with Gasteiger partial charge in [-0.1, -0.05) is 0 Å². The Morgan fingerprint density at radius 1 is 1.33 bits per heavy atom. The number of carbonyl (C=O) groups is 3. The quantitative estimate of drug-likeness (QED) is 0.467. The van der Waals surface area contributed by atoms with Crippen LogP contribution in [-0.2, 0) is 19.1 Å². The number of hydrogen-bond acceptors (Lipinski definition) is 5. The summed E-state index contributed by atoms with van der Waals surface area (Å²) in [5, 5.41) is 16.9. The first kappa shape index (κ1) is 13.7. The number of primary amides is 1. The number of hydrogen-bond donors (Lipinski definition) is 3. The van der Waals surface area contributed by atoms with Gasteiger partial charge in [-0.2, -0.15) is 0 Å². The largest absolute Gasteiger partial charge is 0.480 e. The molecule has 0 heterocycles. The molecule has 4 N–H and O–H groups in total. The normalized spacial score (nSPS) is 12.0. The van der Waals surface area contributed by atoms with Crippen LogP contribution in [0.1, 0.15) is 6.42 Å². The molecule has 1 atom stereocenters. The van der Waals surface area contributed by atoms with Gasteiger partial charge in [0.1, 0.15) is 6.61 Å². The zero-order valence-corrected chi connectivity index (χ0v) is 8.53. The summed E-state index contributed by atoms with van der Waals surface area (Å²) in [7, 11) is 0. The highest BCUT2D eigenvalue weighted by Gasteiger charge is 2.19. The van der Waals surface area contributed by atoms with Gasteiger partial charge in [-0.15, -0.1) is 11.8 Å². The average Bonchev–Trinajstić information content (AvgIpc) is 2.09. The van der Waals surface area contributed by atoms with E-state index < -0.39 is 29.9 Å². The van der Waals surface area contributed by atoms with Gasteiger partial charge in [0.2, 0.25) is 11.3 Å². The van der Waals surface area contributed by atoms with Crippen molar-refractivity contribution >= 4 is 29.6 Å². The lowest BCUT2D eigenvalue weighted by molar-refractivity contribution is -0.150. The van der Waals surface area contributed by atoms with E-state index in [1.165, 1.54) is 0 Å². The third-order valence-electron chi connectivity index (χ3n) is 1.18. The maximum absolute atomic E-state index is 10.5. The lowest BCUT2D eigenvalue weighted by Gasteiger charge is -2.10. The summed E-state index contributed by atoms with van der Waals surface area (Å²) in [6, 6.07) is 0. The van der Waals surface area contributed by atoms with Crippen LogP contribution in [0.25, 0.3) is 0 Å². The zero-order valence-electron chi connectivity index (χ0n) is 7.71. The van der Waals surface area contributed by atoms with Crippen molar-refractivity contribution in [2.24, 2.45) is 5.73 Å². The van der Waals surface area contributed by atoms with E-state index in [0.717, 1.165) is 11.8 Å². The fraction of sp³-hybridized carbons (Fsp3) is 0.571. The fourth-order valence-electron chi connectivity index (χ4n) is 0.604. The van der Waals surface area contributed by atoms with E-state index in [2.05, 4.69) is 4.74 Å². The molecule has 0 aromatic rings. The molecule has 0 radical (unpaired) electrons. The van der Waals surface area contributed by atoms with E-state index in [1.807, 2.05) is 0 Å². The van der Waals surface area contributed by atoms with Crippen molar-refractivity contribution in [1.29, 1.82) is 0 Å². The molecule has 1 amide bonds. The van der Waals surface area contributed by atoms with Crippen LogP contribution in [0.4, 0.5) is 0 Å². The van der Waals surface area contributed by atoms with Crippen molar-refractivity contribution in [3.05, 3.63) is 0 Å². The van der Waals surface area contributed by atoms with E-state index in [4.69, 9.17) is 15.9 Å². The van der Waals surface area contributed by atoms with Gasteiger partial charge in [0.25, 0.3) is 0 Å². The first-order valence-electron chi connectivity index (χ1n) is 3.89. The Labute approximate surface area is 89.6 Å². The van der Waals surface area contributed by atoms with Crippen molar-refractivity contribution in [2.45, 2.75) is 11.9 Å². The van der Waals surface area contributed by atoms with Crippen molar-refractivity contribution < 1.29 is 29.3 Å². The third-order valence-corrected chi connectivity index (χ3v) is 2.26. The Morgan fingerprint density at radius 2 is 1.93 bits per heavy atom. The lowest BCUT2D eigenvalue weighted by atomic mass is 10.5. The van der Waals surface area contributed by atoms with Gasteiger partial charge >= 0.3 is 11.9 Å². The summed E-state index contributed by atoms with van der Waals surface area (Å²) in [5.74, 6) is -2.92. The van der Waals surface area contributed by atoms with E-state index in [-0.39, 0.29) is 12.2 Å². The molecule has 0 rings (SSSR count). The minimum Gasteiger partial charge on any atom is -0.480 e. The van der Waals surface area contributed by atoms with Crippen molar-refractivity contribution in [3.63, 3.8) is 0 Å². The molecule has 0 saturated carbocycles. The summed E-state index contributed by atoms with van der Waals surface area (Å²) in [5.41, 5.74) is 3.55. The Morgan fingerprint density at radius 3 is 2.33 bits per heavy atom. The van der Waals surface area contributed by atoms with Gasteiger partial charge in [-0.05, 0) is 0 Å². The van der Waals surface area contributed by atoms with Gasteiger partial charge in [-0.3, -0.25) is 4.79 Å². The Kier molecular flexibility index (Phi) is 6.47. The monoisotopic (exact) mass is 237 g/mol. The molecule has 0 aromatic heterocycles. The van der Waals surface area contributed by atoms with Crippen molar-refractivity contribution in [3.8, 4) is 0 Å². The minimum atomic E-state index is -1.29. The van der Waals surface area contributed by atoms with Crippen LogP contribution in [0, 0.1) is 0 Å². The van der Waals surface area contributed by atoms with Crippen LogP contribution < -0.4 is 5.73 Å². The topological polar surface area (TPSA) is 127 Å². The molecule has 0 aliphatic carbocycles. The third kappa shape index (κ3) is 7.77.